The van der Waals surface area contributed by atoms with Crippen molar-refractivity contribution in [3.05, 3.63) is 69.6 Å². The van der Waals surface area contributed by atoms with E-state index in [-0.39, 0.29) is 23.5 Å². The molecule has 0 radical (unpaired) electrons. The van der Waals surface area contributed by atoms with Gasteiger partial charge in [-0.05, 0) is 55.7 Å². The Morgan fingerprint density at radius 3 is 2.67 bits per heavy atom. The van der Waals surface area contributed by atoms with Gasteiger partial charge in [-0.3, -0.25) is 4.79 Å². The third-order valence-electron chi connectivity index (χ3n) is 4.62. The Morgan fingerprint density at radius 2 is 1.90 bits per heavy atom. The molecule has 0 saturated carbocycles. The number of ether oxygens (including phenoxy) is 2. The quantitative estimate of drug-likeness (QED) is 0.364. The highest BCUT2D eigenvalue weighted by molar-refractivity contribution is 5.96. The monoisotopic (exact) mass is 409 g/mol. The number of esters is 1. The van der Waals surface area contributed by atoms with Crippen LogP contribution in [0.4, 0.5) is 0 Å². The molecule has 0 aliphatic rings. The predicted molar refractivity (Wildman–Crippen MR) is 112 cm³/mol. The fourth-order valence-electron chi connectivity index (χ4n) is 2.83. The molecule has 0 spiro atoms. The van der Waals surface area contributed by atoms with Crippen LogP contribution in [0.3, 0.4) is 0 Å². The van der Waals surface area contributed by atoms with Gasteiger partial charge in [0.15, 0.2) is 6.61 Å². The van der Waals surface area contributed by atoms with Crippen LogP contribution in [-0.4, -0.2) is 25.0 Å². The van der Waals surface area contributed by atoms with E-state index in [4.69, 9.17) is 13.9 Å². The average Bonchev–Trinajstić information content (AvgIpc) is 2.72. The van der Waals surface area contributed by atoms with Gasteiger partial charge in [0.2, 0.25) is 0 Å². The minimum Gasteiger partial charge on any atom is -0.482 e. The summed E-state index contributed by atoms with van der Waals surface area (Å²) >= 11 is 0. The molecule has 30 heavy (non-hydrogen) atoms. The molecule has 0 unspecified atom stereocenters. The minimum atomic E-state index is -0.752. The lowest BCUT2D eigenvalue weighted by Crippen LogP contribution is -2.28. The van der Waals surface area contributed by atoms with Crippen LogP contribution in [0.5, 0.6) is 11.5 Å². The number of benzene rings is 2. The molecule has 1 aromatic heterocycles. The van der Waals surface area contributed by atoms with Crippen molar-refractivity contribution in [2.24, 2.45) is 0 Å². The van der Waals surface area contributed by atoms with Crippen LogP contribution < -0.4 is 20.4 Å². The van der Waals surface area contributed by atoms with Crippen LogP contribution in [0.2, 0.25) is 0 Å². The van der Waals surface area contributed by atoms with Crippen LogP contribution in [0.1, 0.15) is 34.8 Å². The summed E-state index contributed by atoms with van der Waals surface area (Å²) in [6, 6.07) is 11.7. The summed E-state index contributed by atoms with van der Waals surface area (Å²) in [6.07, 6.45) is 0.756. The molecule has 1 amide bonds. The molecule has 0 aliphatic carbocycles. The molecule has 156 valence electrons. The van der Waals surface area contributed by atoms with Crippen molar-refractivity contribution < 1.29 is 23.5 Å². The van der Waals surface area contributed by atoms with Crippen LogP contribution in [0, 0.1) is 13.8 Å². The van der Waals surface area contributed by atoms with Crippen molar-refractivity contribution in [3.8, 4) is 11.5 Å². The maximum absolute atomic E-state index is 12.1. The molecule has 3 rings (SSSR count). The lowest BCUT2D eigenvalue weighted by atomic mass is 10.1. The lowest BCUT2D eigenvalue weighted by molar-refractivity contribution is -0.136. The van der Waals surface area contributed by atoms with Crippen molar-refractivity contribution >= 4 is 22.8 Å². The summed E-state index contributed by atoms with van der Waals surface area (Å²) in [6.45, 7) is 6.00. The van der Waals surface area contributed by atoms with Gasteiger partial charge in [0.05, 0.1) is 0 Å². The van der Waals surface area contributed by atoms with E-state index in [1.54, 1.807) is 18.2 Å². The SMILES string of the molecule is CCCNC(=O)c1cc2ccc(OC(=O)COc3cccc(C)c3C)cc2oc1=O. The molecule has 3 aromatic rings. The first-order valence-corrected chi connectivity index (χ1v) is 9.65. The number of amides is 1. The zero-order valence-electron chi connectivity index (χ0n) is 17.1. The number of hydrogen-bond acceptors (Lipinski definition) is 6. The fourth-order valence-corrected chi connectivity index (χ4v) is 2.83. The Morgan fingerprint density at radius 1 is 1.10 bits per heavy atom. The molecule has 0 atom stereocenters. The summed E-state index contributed by atoms with van der Waals surface area (Å²) < 4.78 is 16.1. The molecule has 2 aromatic carbocycles. The summed E-state index contributed by atoms with van der Waals surface area (Å²) in [4.78, 5) is 36.3. The largest absolute Gasteiger partial charge is 0.482 e. The highest BCUT2D eigenvalue weighted by Crippen LogP contribution is 2.22. The van der Waals surface area contributed by atoms with Crippen LogP contribution in [-0.2, 0) is 4.79 Å². The van der Waals surface area contributed by atoms with Gasteiger partial charge in [0.1, 0.15) is 22.6 Å². The smallest absolute Gasteiger partial charge is 0.349 e. The van der Waals surface area contributed by atoms with Gasteiger partial charge in [0.25, 0.3) is 5.91 Å². The number of nitrogens with one attached hydrogen (secondary N) is 1. The molecule has 7 heteroatoms. The minimum absolute atomic E-state index is 0.0670. The Hall–Kier alpha value is -3.61. The molecule has 0 bridgehead atoms. The molecule has 0 aliphatic heterocycles. The standard InChI is InChI=1S/C23H23NO6/c1-4-10-24-22(26)18-11-16-8-9-17(12-20(16)30-23(18)27)29-21(25)13-28-19-7-5-6-14(2)15(19)3/h5-9,11-12H,4,10,13H2,1-3H3,(H,24,26). The maximum atomic E-state index is 12.1. The second kappa shape index (κ2) is 9.26. The van der Waals surface area contributed by atoms with Gasteiger partial charge in [0, 0.05) is 18.0 Å². The number of fused-ring (bicyclic) bond motifs is 1. The number of hydrogen-bond donors (Lipinski definition) is 1. The van der Waals surface area contributed by atoms with E-state index in [0.29, 0.717) is 17.7 Å². The topological polar surface area (TPSA) is 94.8 Å². The molecule has 7 nitrogen and oxygen atoms in total. The molecule has 0 fully saturated rings. The van der Waals surface area contributed by atoms with Crippen molar-refractivity contribution in [2.75, 3.05) is 13.2 Å². The zero-order valence-corrected chi connectivity index (χ0v) is 17.1. The van der Waals surface area contributed by atoms with E-state index in [1.165, 1.54) is 12.1 Å². The first-order valence-electron chi connectivity index (χ1n) is 9.65. The van der Waals surface area contributed by atoms with E-state index in [2.05, 4.69) is 5.32 Å². The molecule has 1 N–H and O–H groups in total. The van der Waals surface area contributed by atoms with Crippen molar-refractivity contribution in [3.63, 3.8) is 0 Å². The Kier molecular flexibility index (Phi) is 6.51. The molecular formula is C23H23NO6. The maximum Gasteiger partial charge on any atom is 0.349 e. The Bertz CT molecular complexity index is 1150. The summed E-state index contributed by atoms with van der Waals surface area (Å²) in [5, 5.41) is 3.19. The highest BCUT2D eigenvalue weighted by atomic mass is 16.6. The second-order valence-electron chi connectivity index (χ2n) is 6.86. The van der Waals surface area contributed by atoms with Gasteiger partial charge in [-0.1, -0.05) is 19.1 Å². The number of carbonyl (C=O) groups excluding carboxylic acids is 2. The predicted octanol–water partition coefficient (Wildman–Crippen LogP) is 3.53. The van der Waals surface area contributed by atoms with Crippen LogP contribution in [0.25, 0.3) is 11.0 Å². The van der Waals surface area contributed by atoms with E-state index in [9.17, 15) is 14.4 Å². The lowest BCUT2D eigenvalue weighted by Gasteiger charge is -2.10. The number of aryl methyl sites for hydroxylation is 1. The van der Waals surface area contributed by atoms with Gasteiger partial charge < -0.3 is 19.2 Å². The van der Waals surface area contributed by atoms with E-state index >= 15 is 0 Å². The first kappa shape index (κ1) is 21.1. The van der Waals surface area contributed by atoms with E-state index < -0.39 is 17.5 Å². The second-order valence-corrected chi connectivity index (χ2v) is 6.86. The van der Waals surface area contributed by atoms with Gasteiger partial charge >= 0.3 is 11.6 Å². The Balaban J connectivity index is 1.70. The zero-order chi connectivity index (χ0) is 21.7. The molecule has 1 heterocycles. The summed E-state index contributed by atoms with van der Waals surface area (Å²) in [7, 11) is 0. The van der Waals surface area contributed by atoms with Crippen molar-refractivity contribution in [2.45, 2.75) is 27.2 Å². The molecule has 0 saturated heterocycles. The third-order valence-corrected chi connectivity index (χ3v) is 4.62. The number of rotatable bonds is 7. The average molecular weight is 409 g/mol. The fraction of sp³-hybridized carbons (Fsp3) is 0.261. The first-order chi connectivity index (χ1) is 14.4. The Labute approximate surface area is 173 Å². The van der Waals surface area contributed by atoms with E-state index in [1.807, 2.05) is 32.9 Å². The van der Waals surface area contributed by atoms with Crippen molar-refractivity contribution in [1.29, 1.82) is 0 Å². The summed E-state index contributed by atoms with van der Waals surface area (Å²) in [5.41, 5.74) is 1.41. The van der Waals surface area contributed by atoms with Crippen molar-refractivity contribution in [1.82, 2.24) is 5.32 Å². The van der Waals surface area contributed by atoms with Gasteiger partial charge in [-0.15, -0.1) is 0 Å². The van der Waals surface area contributed by atoms with Crippen LogP contribution >= 0.6 is 0 Å². The van der Waals surface area contributed by atoms with Gasteiger partial charge in [-0.25, -0.2) is 9.59 Å². The van der Waals surface area contributed by atoms with Gasteiger partial charge in [-0.2, -0.15) is 0 Å². The number of carbonyl (C=O) groups is 2. The van der Waals surface area contributed by atoms with E-state index in [0.717, 1.165) is 17.5 Å². The third kappa shape index (κ3) is 4.86. The summed E-state index contributed by atoms with van der Waals surface area (Å²) in [5.74, 6) is -0.242. The highest BCUT2D eigenvalue weighted by Gasteiger charge is 2.14. The van der Waals surface area contributed by atoms with Crippen LogP contribution in [0.15, 0.2) is 51.7 Å². The molecular weight excluding hydrogens is 386 g/mol. The normalized spacial score (nSPS) is 10.6.